The largest absolute Gasteiger partial charge is 0.491 e. The number of rotatable bonds is 5. The van der Waals surface area contributed by atoms with E-state index in [1.807, 2.05) is 38.1 Å². The van der Waals surface area contributed by atoms with Crippen LogP contribution in [0.1, 0.15) is 56.3 Å². The van der Waals surface area contributed by atoms with Crippen molar-refractivity contribution in [1.29, 1.82) is 0 Å². The SMILES string of the molecule is CC(C)Oc1cccc(C(=O)CC2(N)CCCC2)c1. The number of ether oxygens (including phenoxy) is 1. The van der Waals surface area contributed by atoms with Gasteiger partial charge in [0.2, 0.25) is 0 Å². The smallest absolute Gasteiger partial charge is 0.164 e. The van der Waals surface area contributed by atoms with Gasteiger partial charge in [-0.25, -0.2) is 0 Å². The third-order valence-corrected chi connectivity index (χ3v) is 3.64. The molecule has 1 fully saturated rings. The van der Waals surface area contributed by atoms with Crippen molar-refractivity contribution in [2.75, 3.05) is 0 Å². The summed E-state index contributed by atoms with van der Waals surface area (Å²) in [6, 6.07) is 7.40. The van der Waals surface area contributed by atoms with Gasteiger partial charge in [-0.2, -0.15) is 0 Å². The van der Waals surface area contributed by atoms with Gasteiger partial charge < -0.3 is 10.5 Å². The van der Waals surface area contributed by atoms with Crippen molar-refractivity contribution in [2.45, 2.75) is 57.6 Å². The number of hydrogen-bond donors (Lipinski definition) is 1. The van der Waals surface area contributed by atoms with Crippen LogP contribution in [-0.4, -0.2) is 17.4 Å². The average molecular weight is 261 g/mol. The first-order chi connectivity index (χ1) is 8.98. The van der Waals surface area contributed by atoms with Crippen LogP contribution in [0.15, 0.2) is 24.3 Å². The van der Waals surface area contributed by atoms with Gasteiger partial charge in [0, 0.05) is 17.5 Å². The summed E-state index contributed by atoms with van der Waals surface area (Å²) < 4.78 is 5.62. The van der Waals surface area contributed by atoms with Gasteiger partial charge >= 0.3 is 0 Å². The molecule has 0 aliphatic heterocycles. The average Bonchev–Trinajstić information content (AvgIpc) is 2.75. The molecule has 2 N–H and O–H groups in total. The van der Waals surface area contributed by atoms with Gasteiger partial charge in [-0.05, 0) is 38.8 Å². The molecule has 0 atom stereocenters. The van der Waals surface area contributed by atoms with Gasteiger partial charge in [-0.3, -0.25) is 4.79 Å². The summed E-state index contributed by atoms with van der Waals surface area (Å²) in [7, 11) is 0. The first kappa shape index (κ1) is 14.1. The number of nitrogens with two attached hydrogens (primary N) is 1. The van der Waals surface area contributed by atoms with Gasteiger partial charge in [0.15, 0.2) is 5.78 Å². The standard InChI is InChI=1S/C16H23NO2/c1-12(2)19-14-7-5-6-13(10-14)15(18)11-16(17)8-3-4-9-16/h5-7,10,12H,3-4,8-9,11,17H2,1-2H3. The predicted molar refractivity (Wildman–Crippen MR) is 76.5 cm³/mol. The van der Waals surface area contributed by atoms with E-state index < -0.39 is 0 Å². The summed E-state index contributed by atoms with van der Waals surface area (Å²) in [5, 5.41) is 0. The quantitative estimate of drug-likeness (QED) is 0.827. The number of carbonyl (C=O) groups is 1. The molecule has 104 valence electrons. The van der Waals surface area contributed by atoms with E-state index in [0.717, 1.165) is 31.4 Å². The molecule has 0 aromatic heterocycles. The van der Waals surface area contributed by atoms with Crippen LogP contribution in [0.2, 0.25) is 0 Å². The monoisotopic (exact) mass is 261 g/mol. The molecule has 0 amide bonds. The van der Waals surface area contributed by atoms with Crippen LogP contribution < -0.4 is 10.5 Å². The Morgan fingerprint density at radius 3 is 2.68 bits per heavy atom. The lowest BCUT2D eigenvalue weighted by Crippen LogP contribution is -2.38. The Hall–Kier alpha value is -1.35. The lowest BCUT2D eigenvalue weighted by atomic mass is 9.90. The normalized spacial score (nSPS) is 17.7. The second kappa shape index (κ2) is 5.74. The van der Waals surface area contributed by atoms with E-state index in [2.05, 4.69) is 0 Å². The zero-order valence-electron chi connectivity index (χ0n) is 11.8. The highest BCUT2D eigenvalue weighted by Gasteiger charge is 2.31. The molecule has 0 unspecified atom stereocenters. The van der Waals surface area contributed by atoms with E-state index in [-0.39, 0.29) is 17.4 Å². The highest BCUT2D eigenvalue weighted by atomic mass is 16.5. The maximum atomic E-state index is 12.3. The van der Waals surface area contributed by atoms with Crippen LogP contribution in [-0.2, 0) is 0 Å². The molecule has 1 saturated carbocycles. The fourth-order valence-electron chi connectivity index (χ4n) is 2.69. The third kappa shape index (κ3) is 3.80. The summed E-state index contributed by atoms with van der Waals surface area (Å²) >= 11 is 0. The Labute approximate surface area is 115 Å². The van der Waals surface area contributed by atoms with Crippen molar-refractivity contribution in [3.05, 3.63) is 29.8 Å². The van der Waals surface area contributed by atoms with Crippen LogP contribution in [0.3, 0.4) is 0 Å². The number of benzene rings is 1. The molecule has 3 heteroatoms. The molecule has 1 aliphatic carbocycles. The van der Waals surface area contributed by atoms with Crippen molar-refractivity contribution in [3.63, 3.8) is 0 Å². The van der Waals surface area contributed by atoms with E-state index in [0.29, 0.717) is 12.0 Å². The maximum Gasteiger partial charge on any atom is 0.164 e. The van der Waals surface area contributed by atoms with Gasteiger partial charge in [-0.1, -0.05) is 25.0 Å². The Morgan fingerprint density at radius 2 is 2.05 bits per heavy atom. The molecule has 0 bridgehead atoms. The molecule has 3 nitrogen and oxygen atoms in total. The second-order valence-electron chi connectivity index (χ2n) is 5.86. The molecule has 1 aromatic rings. The number of ketones is 1. The zero-order valence-corrected chi connectivity index (χ0v) is 11.8. The van der Waals surface area contributed by atoms with E-state index in [4.69, 9.17) is 10.5 Å². The Morgan fingerprint density at radius 1 is 1.37 bits per heavy atom. The van der Waals surface area contributed by atoms with E-state index in [9.17, 15) is 4.79 Å². The summed E-state index contributed by atoms with van der Waals surface area (Å²) in [4.78, 5) is 12.3. The minimum Gasteiger partial charge on any atom is -0.491 e. The van der Waals surface area contributed by atoms with Gasteiger partial charge in [0.25, 0.3) is 0 Å². The molecule has 1 aromatic carbocycles. The Kier molecular flexibility index (Phi) is 4.25. The van der Waals surface area contributed by atoms with Gasteiger partial charge in [-0.15, -0.1) is 0 Å². The van der Waals surface area contributed by atoms with Crippen LogP contribution in [0.4, 0.5) is 0 Å². The van der Waals surface area contributed by atoms with Crippen molar-refractivity contribution in [3.8, 4) is 5.75 Å². The summed E-state index contributed by atoms with van der Waals surface area (Å²) in [6.45, 7) is 3.95. The first-order valence-corrected chi connectivity index (χ1v) is 7.07. The predicted octanol–water partition coefficient (Wildman–Crippen LogP) is 3.32. The van der Waals surface area contributed by atoms with Crippen molar-refractivity contribution in [1.82, 2.24) is 0 Å². The second-order valence-corrected chi connectivity index (χ2v) is 5.86. The number of hydrogen-bond acceptors (Lipinski definition) is 3. The highest BCUT2D eigenvalue weighted by Crippen LogP contribution is 2.31. The zero-order chi connectivity index (χ0) is 13.9. The van der Waals surface area contributed by atoms with Crippen molar-refractivity contribution in [2.24, 2.45) is 5.73 Å². The van der Waals surface area contributed by atoms with Crippen LogP contribution in [0, 0.1) is 0 Å². The fourth-order valence-corrected chi connectivity index (χ4v) is 2.69. The molecule has 0 saturated heterocycles. The number of carbonyl (C=O) groups excluding carboxylic acids is 1. The molecular weight excluding hydrogens is 238 g/mol. The molecule has 0 spiro atoms. The van der Waals surface area contributed by atoms with E-state index in [1.54, 1.807) is 0 Å². The molecule has 1 aliphatic rings. The van der Waals surface area contributed by atoms with E-state index >= 15 is 0 Å². The minimum absolute atomic E-state index is 0.112. The van der Waals surface area contributed by atoms with Gasteiger partial charge in [0.05, 0.1) is 6.10 Å². The molecular formula is C16H23NO2. The van der Waals surface area contributed by atoms with Gasteiger partial charge in [0.1, 0.15) is 5.75 Å². The topological polar surface area (TPSA) is 52.3 Å². The fraction of sp³-hybridized carbons (Fsp3) is 0.562. The molecule has 2 rings (SSSR count). The van der Waals surface area contributed by atoms with Crippen LogP contribution >= 0.6 is 0 Å². The van der Waals surface area contributed by atoms with Crippen LogP contribution in [0.25, 0.3) is 0 Å². The lowest BCUT2D eigenvalue weighted by molar-refractivity contribution is 0.0951. The molecule has 19 heavy (non-hydrogen) atoms. The highest BCUT2D eigenvalue weighted by molar-refractivity contribution is 5.97. The summed E-state index contributed by atoms with van der Waals surface area (Å²) in [5.41, 5.74) is 6.68. The lowest BCUT2D eigenvalue weighted by Gasteiger charge is -2.22. The third-order valence-electron chi connectivity index (χ3n) is 3.64. The van der Waals surface area contributed by atoms with Crippen molar-refractivity contribution < 1.29 is 9.53 Å². The number of Topliss-reactive ketones (excluding diaryl/α,β-unsaturated/α-hetero) is 1. The maximum absolute atomic E-state index is 12.3. The molecule has 0 radical (unpaired) electrons. The molecule has 0 heterocycles. The summed E-state index contributed by atoms with van der Waals surface area (Å²) in [5.74, 6) is 0.872. The Bertz CT molecular complexity index is 448. The summed E-state index contributed by atoms with van der Waals surface area (Å²) in [6.07, 6.45) is 4.75. The van der Waals surface area contributed by atoms with E-state index in [1.165, 1.54) is 0 Å². The minimum atomic E-state index is -0.286. The van der Waals surface area contributed by atoms with Crippen LogP contribution in [0.5, 0.6) is 5.75 Å². The first-order valence-electron chi connectivity index (χ1n) is 7.07. The Balaban J connectivity index is 2.06. The van der Waals surface area contributed by atoms with Crippen molar-refractivity contribution >= 4 is 5.78 Å².